The van der Waals surface area contributed by atoms with E-state index in [1.807, 2.05) is 30.3 Å². The Labute approximate surface area is 115 Å². The highest BCUT2D eigenvalue weighted by Gasteiger charge is 2.11. The van der Waals surface area contributed by atoms with Crippen LogP contribution >= 0.6 is 0 Å². The Bertz CT molecular complexity index is 733. The molecular weight excluding hydrogens is 254 g/mol. The van der Waals surface area contributed by atoms with E-state index < -0.39 is 0 Å². The maximum atomic E-state index is 11.8. The number of nitrogens with one attached hydrogen (secondary N) is 1. The van der Waals surface area contributed by atoms with Crippen LogP contribution in [0.5, 0.6) is 0 Å². The molecule has 1 N–H and O–H groups in total. The van der Waals surface area contributed by atoms with E-state index >= 15 is 0 Å². The van der Waals surface area contributed by atoms with Crippen LogP contribution in [0.2, 0.25) is 0 Å². The molecule has 0 radical (unpaired) electrons. The van der Waals surface area contributed by atoms with Gasteiger partial charge >= 0.3 is 5.69 Å². The molecular formula is C14H13N5O. The Balaban J connectivity index is 1.87. The first-order valence-electron chi connectivity index (χ1n) is 6.30. The van der Waals surface area contributed by atoms with Gasteiger partial charge in [-0.3, -0.25) is 9.55 Å². The van der Waals surface area contributed by atoms with Crippen LogP contribution in [0.25, 0.3) is 11.5 Å². The summed E-state index contributed by atoms with van der Waals surface area (Å²) in [5, 5.41) is 6.48. The van der Waals surface area contributed by atoms with Crippen molar-refractivity contribution in [3.63, 3.8) is 0 Å². The molecule has 6 heteroatoms. The maximum absolute atomic E-state index is 11.8. The molecule has 0 saturated heterocycles. The molecule has 0 unspecified atom stereocenters. The minimum Gasteiger partial charge on any atom is -0.273 e. The van der Waals surface area contributed by atoms with Crippen LogP contribution in [0.1, 0.15) is 5.56 Å². The summed E-state index contributed by atoms with van der Waals surface area (Å²) >= 11 is 0. The fourth-order valence-corrected chi connectivity index (χ4v) is 2.02. The molecule has 3 rings (SSSR count). The Hall–Kier alpha value is -2.76. The van der Waals surface area contributed by atoms with Crippen LogP contribution in [0.15, 0.2) is 53.7 Å². The fraction of sp³-hybridized carbons (Fsp3) is 0.143. The molecule has 0 amide bonds. The summed E-state index contributed by atoms with van der Waals surface area (Å²) in [6.45, 7) is 0.547. The van der Waals surface area contributed by atoms with E-state index in [1.54, 1.807) is 23.2 Å². The van der Waals surface area contributed by atoms with Gasteiger partial charge in [-0.15, -0.1) is 0 Å². The number of rotatable bonds is 4. The minimum absolute atomic E-state index is 0.235. The van der Waals surface area contributed by atoms with E-state index in [4.69, 9.17) is 0 Å². The first-order chi connectivity index (χ1) is 9.84. The van der Waals surface area contributed by atoms with Crippen LogP contribution in [0.3, 0.4) is 0 Å². The summed E-state index contributed by atoms with van der Waals surface area (Å²) < 4.78 is 1.58. The van der Waals surface area contributed by atoms with Crippen molar-refractivity contribution in [3.8, 4) is 11.5 Å². The summed E-state index contributed by atoms with van der Waals surface area (Å²) in [7, 11) is 0. The van der Waals surface area contributed by atoms with Crippen LogP contribution < -0.4 is 5.69 Å². The topological polar surface area (TPSA) is 76.5 Å². The molecule has 0 fully saturated rings. The van der Waals surface area contributed by atoms with E-state index in [0.29, 0.717) is 18.1 Å². The number of aryl methyl sites for hydroxylation is 1. The van der Waals surface area contributed by atoms with Gasteiger partial charge in [-0.25, -0.2) is 14.9 Å². The highest BCUT2D eigenvalue weighted by Crippen LogP contribution is 2.10. The number of hydrogen-bond donors (Lipinski definition) is 1. The van der Waals surface area contributed by atoms with Crippen LogP contribution in [0.4, 0.5) is 0 Å². The molecule has 100 valence electrons. The van der Waals surface area contributed by atoms with Gasteiger partial charge < -0.3 is 0 Å². The number of aromatic amines is 1. The second-order valence-corrected chi connectivity index (χ2v) is 4.33. The number of nitrogens with zero attached hydrogens (tertiary/aromatic N) is 4. The standard InChI is InChI=1S/C14H13N5O/c20-14-18-17-13(12-10-15-7-8-16-12)19(14)9-6-11-4-2-1-3-5-11/h1-5,7-8,10H,6,9H2,(H,18,20). The first kappa shape index (κ1) is 12.3. The highest BCUT2D eigenvalue weighted by molar-refractivity contribution is 5.46. The lowest BCUT2D eigenvalue weighted by Gasteiger charge is -2.05. The molecule has 0 saturated carbocycles. The molecule has 0 aliphatic rings. The van der Waals surface area contributed by atoms with Gasteiger partial charge in [0.15, 0.2) is 5.82 Å². The molecule has 1 aromatic carbocycles. The van der Waals surface area contributed by atoms with Gasteiger partial charge in [0.05, 0.1) is 6.20 Å². The van der Waals surface area contributed by atoms with Crippen molar-refractivity contribution in [1.82, 2.24) is 24.7 Å². The average Bonchev–Trinajstić information content (AvgIpc) is 2.88. The average molecular weight is 267 g/mol. The Kier molecular flexibility index (Phi) is 3.36. The van der Waals surface area contributed by atoms with Crippen molar-refractivity contribution in [2.24, 2.45) is 0 Å². The molecule has 2 aromatic heterocycles. The maximum Gasteiger partial charge on any atom is 0.343 e. The largest absolute Gasteiger partial charge is 0.343 e. The summed E-state index contributed by atoms with van der Waals surface area (Å²) in [6.07, 6.45) is 5.51. The van der Waals surface area contributed by atoms with E-state index in [2.05, 4.69) is 20.2 Å². The zero-order valence-corrected chi connectivity index (χ0v) is 10.7. The summed E-state index contributed by atoms with van der Waals surface area (Å²) in [5.41, 5.74) is 1.52. The summed E-state index contributed by atoms with van der Waals surface area (Å²) in [5.74, 6) is 0.513. The minimum atomic E-state index is -0.235. The Morgan fingerprint density at radius 1 is 1.15 bits per heavy atom. The number of H-pyrrole nitrogens is 1. The van der Waals surface area contributed by atoms with Crippen LogP contribution in [-0.2, 0) is 13.0 Å². The predicted molar refractivity (Wildman–Crippen MR) is 74.0 cm³/mol. The number of aromatic nitrogens is 5. The molecule has 20 heavy (non-hydrogen) atoms. The van der Waals surface area contributed by atoms with Gasteiger partial charge in [-0.05, 0) is 12.0 Å². The lowest BCUT2D eigenvalue weighted by Crippen LogP contribution is -2.19. The molecule has 0 bridgehead atoms. The molecule has 3 aromatic rings. The Morgan fingerprint density at radius 3 is 2.75 bits per heavy atom. The molecule has 0 aliphatic heterocycles. The van der Waals surface area contributed by atoms with E-state index in [1.165, 1.54) is 5.56 Å². The number of benzene rings is 1. The zero-order valence-electron chi connectivity index (χ0n) is 10.7. The van der Waals surface area contributed by atoms with Crippen molar-refractivity contribution >= 4 is 0 Å². The first-order valence-corrected chi connectivity index (χ1v) is 6.30. The third kappa shape index (κ3) is 2.49. The van der Waals surface area contributed by atoms with E-state index in [0.717, 1.165) is 6.42 Å². The third-order valence-corrected chi connectivity index (χ3v) is 3.02. The molecule has 0 spiro atoms. The second kappa shape index (κ2) is 5.48. The molecule has 0 atom stereocenters. The fourth-order valence-electron chi connectivity index (χ4n) is 2.02. The van der Waals surface area contributed by atoms with Crippen molar-refractivity contribution in [1.29, 1.82) is 0 Å². The highest BCUT2D eigenvalue weighted by atomic mass is 16.1. The third-order valence-electron chi connectivity index (χ3n) is 3.02. The van der Waals surface area contributed by atoms with Crippen LogP contribution in [0, 0.1) is 0 Å². The molecule has 2 heterocycles. The normalized spacial score (nSPS) is 10.6. The zero-order chi connectivity index (χ0) is 13.8. The smallest absolute Gasteiger partial charge is 0.273 e. The van der Waals surface area contributed by atoms with E-state index in [9.17, 15) is 4.79 Å². The van der Waals surface area contributed by atoms with Gasteiger partial charge in [0.2, 0.25) is 0 Å². The summed E-state index contributed by atoms with van der Waals surface area (Å²) in [6, 6.07) is 10.0. The lowest BCUT2D eigenvalue weighted by molar-refractivity contribution is 0.676. The quantitative estimate of drug-likeness (QED) is 0.772. The van der Waals surface area contributed by atoms with Crippen molar-refractivity contribution < 1.29 is 0 Å². The van der Waals surface area contributed by atoms with Crippen molar-refractivity contribution in [2.75, 3.05) is 0 Å². The summed E-state index contributed by atoms with van der Waals surface area (Å²) in [4.78, 5) is 20.0. The lowest BCUT2D eigenvalue weighted by atomic mass is 10.1. The van der Waals surface area contributed by atoms with E-state index in [-0.39, 0.29) is 5.69 Å². The van der Waals surface area contributed by atoms with Crippen LogP contribution in [-0.4, -0.2) is 24.7 Å². The van der Waals surface area contributed by atoms with Crippen molar-refractivity contribution in [3.05, 3.63) is 65.0 Å². The Morgan fingerprint density at radius 2 is 2.00 bits per heavy atom. The molecule has 6 nitrogen and oxygen atoms in total. The van der Waals surface area contributed by atoms with Gasteiger partial charge in [0.1, 0.15) is 5.69 Å². The monoisotopic (exact) mass is 267 g/mol. The van der Waals surface area contributed by atoms with Gasteiger partial charge in [0, 0.05) is 18.9 Å². The van der Waals surface area contributed by atoms with Gasteiger partial charge in [-0.2, -0.15) is 5.10 Å². The number of hydrogen-bond acceptors (Lipinski definition) is 4. The van der Waals surface area contributed by atoms with Crippen molar-refractivity contribution in [2.45, 2.75) is 13.0 Å². The predicted octanol–water partition coefficient (Wildman–Crippen LogP) is 1.27. The van der Waals surface area contributed by atoms with Gasteiger partial charge in [-0.1, -0.05) is 30.3 Å². The second-order valence-electron chi connectivity index (χ2n) is 4.33. The van der Waals surface area contributed by atoms with Gasteiger partial charge in [0.25, 0.3) is 0 Å². The molecule has 0 aliphatic carbocycles. The SMILES string of the molecule is O=c1[nH]nc(-c2cnccn2)n1CCc1ccccc1.